The standard InChI is InChI=1S/C20H15FN4O/c1-12-2-8-16(21)19(23-12)14-5-3-13(4-6-14)10-17-22-11-15-7-9-18(26)25-20(15)24-17/h2-8,11H,9-10H2,1H3. The number of halogens is 1. The van der Waals surface area contributed by atoms with Gasteiger partial charge in [-0.2, -0.15) is 4.99 Å². The lowest BCUT2D eigenvalue weighted by Crippen LogP contribution is -2.34. The molecule has 0 atom stereocenters. The van der Waals surface area contributed by atoms with Crippen LogP contribution in [0.3, 0.4) is 0 Å². The van der Waals surface area contributed by atoms with Crippen molar-refractivity contribution in [1.82, 2.24) is 15.0 Å². The first-order valence-corrected chi connectivity index (χ1v) is 8.24. The molecule has 26 heavy (non-hydrogen) atoms. The number of rotatable bonds is 3. The predicted octanol–water partition coefficient (Wildman–Crippen LogP) is 1.91. The van der Waals surface area contributed by atoms with Crippen LogP contribution in [-0.4, -0.2) is 20.9 Å². The Morgan fingerprint density at radius 3 is 2.69 bits per heavy atom. The number of benzene rings is 1. The Morgan fingerprint density at radius 2 is 1.88 bits per heavy atom. The summed E-state index contributed by atoms with van der Waals surface area (Å²) >= 11 is 0. The molecule has 4 rings (SSSR count). The molecule has 0 unspecified atom stereocenters. The number of carbonyl (C=O) groups excluding carboxylic acids is 1. The third kappa shape index (κ3) is 3.26. The smallest absolute Gasteiger partial charge is 0.251 e. The normalized spacial score (nSPS) is 12.9. The third-order valence-electron chi connectivity index (χ3n) is 4.15. The molecule has 0 N–H and O–H groups in total. The molecule has 2 aromatic heterocycles. The summed E-state index contributed by atoms with van der Waals surface area (Å²) in [7, 11) is 0. The molecule has 1 amide bonds. The zero-order chi connectivity index (χ0) is 18.1. The van der Waals surface area contributed by atoms with Gasteiger partial charge in [0.1, 0.15) is 17.3 Å². The van der Waals surface area contributed by atoms with Gasteiger partial charge in [0.05, 0.1) is 0 Å². The lowest BCUT2D eigenvalue weighted by Gasteiger charge is -2.06. The molecule has 1 aliphatic rings. The van der Waals surface area contributed by atoms with E-state index in [0.717, 1.165) is 22.0 Å². The van der Waals surface area contributed by atoms with Crippen LogP contribution in [0.1, 0.15) is 23.5 Å². The lowest BCUT2D eigenvalue weighted by atomic mass is 10.1. The number of fused-ring (bicyclic) bond motifs is 1. The molecule has 6 heteroatoms. The van der Waals surface area contributed by atoms with E-state index in [9.17, 15) is 9.18 Å². The Bertz CT molecular complexity index is 1120. The first-order valence-electron chi connectivity index (χ1n) is 8.24. The maximum Gasteiger partial charge on any atom is 0.251 e. The van der Waals surface area contributed by atoms with Crippen molar-refractivity contribution in [1.29, 1.82) is 0 Å². The van der Waals surface area contributed by atoms with E-state index in [1.807, 2.05) is 31.2 Å². The van der Waals surface area contributed by atoms with Crippen LogP contribution in [0.5, 0.6) is 0 Å². The van der Waals surface area contributed by atoms with E-state index in [0.29, 0.717) is 29.8 Å². The quantitative estimate of drug-likeness (QED) is 0.726. The number of nitrogens with zero attached hydrogens (tertiary/aromatic N) is 4. The van der Waals surface area contributed by atoms with Crippen molar-refractivity contribution in [3.63, 3.8) is 0 Å². The monoisotopic (exact) mass is 346 g/mol. The SMILES string of the molecule is Cc1ccc(F)c(-c2ccc(Cc3ncc4c(n3)=NC(=O)CC=4)cc2)n1. The van der Waals surface area contributed by atoms with Gasteiger partial charge in [0.2, 0.25) is 0 Å². The highest BCUT2D eigenvalue weighted by molar-refractivity contribution is 5.82. The van der Waals surface area contributed by atoms with Gasteiger partial charge in [0.25, 0.3) is 5.91 Å². The molecule has 0 spiro atoms. The largest absolute Gasteiger partial charge is 0.272 e. The molecule has 3 heterocycles. The number of hydrogen-bond donors (Lipinski definition) is 0. The molecule has 3 aromatic rings. The van der Waals surface area contributed by atoms with Gasteiger partial charge in [0.15, 0.2) is 5.49 Å². The van der Waals surface area contributed by atoms with Gasteiger partial charge in [-0.25, -0.2) is 14.4 Å². The summed E-state index contributed by atoms with van der Waals surface area (Å²) in [6.45, 7) is 1.83. The van der Waals surface area contributed by atoms with Gasteiger partial charge in [-0.3, -0.25) is 9.78 Å². The van der Waals surface area contributed by atoms with Crippen molar-refractivity contribution >= 4 is 12.0 Å². The van der Waals surface area contributed by atoms with Crippen LogP contribution in [0.4, 0.5) is 4.39 Å². The molecule has 5 nitrogen and oxygen atoms in total. The van der Waals surface area contributed by atoms with Crippen LogP contribution >= 0.6 is 0 Å². The Labute approximate surface area is 149 Å². The van der Waals surface area contributed by atoms with Crippen molar-refractivity contribution in [2.75, 3.05) is 0 Å². The van der Waals surface area contributed by atoms with E-state index in [1.54, 1.807) is 18.3 Å². The zero-order valence-electron chi connectivity index (χ0n) is 14.1. The average molecular weight is 346 g/mol. The van der Waals surface area contributed by atoms with Crippen LogP contribution in [0, 0.1) is 12.7 Å². The Hall–Kier alpha value is -3.28. The highest BCUT2D eigenvalue weighted by Crippen LogP contribution is 2.21. The molecular weight excluding hydrogens is 331 g/mol. The van der Waals surface area contributed by atoms with Gasteiger partial charge >= 0.3 is 0 Å². The number of hydrogen-bond acceptors (Lipinski definition) is 4. The van der Waals surface area contributed by atoms with Gasteiger partial charge in [0, 0.05) is 35.5 Å². The van der Waals surface area contributed by atoms with Crippen LogP contribution in [0.15, 0.2) is 47.6 Å². The van der Waals surface area contributed by atoms with Crippen LogP contribution in [-0.2, 0) is 11.2 Å². The van der Waals surface area contributed by atoms with E-state index in [-0.39, 0.29) is 11.7 Å². The number of pyridine rings is 1. The van der Waals surface area contributed by atoms with Crippen molar-refractivity contribution in [3.8, 4) is 11.3 Å². The first kappa shape index (κ1) is 16.2. The Morgan fingerprint density at radius 1 is 1.08 bits per heavy atom. The molecular formula is C20H15FN4O. The number of aromatic nitrogens is 3. The maximum atomic E-state index is 14.0. The molecule has 0 fully saturated rings. The second kappa shape index (κ2) is 6.55. The molecule has 128 valence electrons. The summed E-state index contributed by atoms with van der Waals surface area (Å²) in [5.41, 5.74) is 3.23. The Kier molecular flexibility index (Phi) is 4.08. The summed E-state index contributed by atoms with van der Waals surface area (Å²) in [5.74, 6) is 0.0475. The highest BCUT2D eigenvalue weighted by Gasteiger charge is 2.09. The van der Waals surface area contributed by atoms with Gasteiger partial charge in [-0.15, -0.1) is 0 Å². The summed E-state index contributed by atoms with van der Waals surface area (Å²) < 4.78 is 14.0. The average Bonchev–Trinajstić information content (AvgIpc) is 2.64. The molecule has 0 radical (unpaired) electrons. The van der Waals surface area contributed by atoms with E-state index >= 15 is 0 Å². The summed E-state index contributed by atoms with van der Waals surface area (Å²) in [5, 5.41) is 0.782. The van der Waals surface area contributed by atoms with Gasteiger partial charge in [-0.1, -0.05) is 30.3 Å². The first-order chi connectivity index (χ1) is 12.6. The lowest BCUT2D eigenvalue weighted by molar-refractivity contribution is -0.117. The van der Waals surface area contributed by atoms with Gasteiger partial charge < -0.3 is 0 Å². The highest BCUT2D eigenvalue weighted by atomic mass is 19.1. The number of carbonyl (C=O) groups is 1. The molecule has 1 aromatic carbocycles. The molecule has 0 saturated carbocycles. The van der Waals surface area contributed by atoms with Crippen molar-refractivity contribution in [2.45, 2.75) is 19.8 Å². The third-order valence-corrected chi connectivity index (χ3v) is 4.15. The van der Waals surface area contributed by atoms with Gasteiger partial charge in [-0.05, 0) is 24.6 Å². The zero-order valence-corrected chi connectivity index (χ0v) is 14.1. The minimum atomic E-state index is -0.344. The van der Waals surface area contributed by atoms with Crippen molar-refractivity contribution < 1.29 is 9.18 Å². The van der Waals surface area contributed by atoms with E-state index in [4.69, 9.17) is 0 Å². The number of amides is 1. The second-order valence-electron chi connectivity index (χ2n) is 6.14. The number of aryl methyl sites for hydroxylation is 1. The minimum Gasteiger partial charge on any atom is -0.272 e. The molecule has 1 aliphatic heterocycles. The second-order valence-corrected chi connectivity index (χ2v) is 6.14. The molecule has 0 aliphatic carbocycles. The summed E-state index contributed by atoms with van der Waals surface area (Å²) in [6.07, 6.45) is 4.27. The topological polar surface area (TPSA) is 68.1 Å². The van der Waals surface area contributed by atoms with E-state index < -0.39 is 0 Å². The summed E-state index contributed by atoms with van der Waals surface area (Å²) in [6, 6.07) is 10.5. The fourth-order valence-electron chi connectivity index (χ4n) is 2.80. The van der Waals surface area contributed by atoms with Crippen molar-refractivity contribution in [3.05, 3.63) is 76.2 Å². The maximum absolute atomic E-state index is 14.0. The van der Waals surface area contributed by atoms with E-state index in [2.05, 4.69) is 19.9 Å². The van der Waals surface area contributed by atoms with Crippen LogP contribution in [0.2, 0.25) is 0 Å². The Balaban J connectivity index is 1.61. The fraction of sp³-hybridized carbons (Fsp3) is 0.150. The summed E-state index contributed by atoms with van der Waals surface area (Å²) in [4.78, 5) is 28.3. The van der Waals surface area contributed by atoms with Crippen LogP contribution in [0.25, 0.3) is 17.3 Å². The van der Waals surface area contributed by atoms with E-state index in [1.165, 1.54) is 6.07 Å². The predicted molar refractivity (Wildman–Crippen MR) is 94.1 cm³/mol. The van der Waals surface area contributed by atoms with Crippen molar-refractivity contribution in [2.24, 2.45) is 4.99 Å². The molecule has 0 saturated heterocycles. The minimum absolute atomic E-state index is 0.195. The molecule has 0 bridgehead atoms. The fourth-order valence-corrected chi connectivity index (χ4v) is 2.80. The van der Waals surface area contributed by atoms with Crippen LogP contribution < -0.4 is 10.7 Å².